The van der Waals surface area contributed by atoms with E-state index in [-0.39, 0.29) is 18.1 Å². The van der Waals surface area contributed by atoms with Crippen LogP contribution in [0.15, 0.2) is 6.08 Å². The molecule has 1 saturated carbocycles. The highest BCUT2D eigenvalue weighted by molar-refractivity contribution is 5.88. The molecule has 7 heteroatoms. The molecule has 0 spiro atoms. The van der Waals surface area contributed by atoms with Crippen molar-refractivity contribution in [3.8, 4) is 0 Å². The van der Waals surface area contributed by atoms with Crippen molar-refractivity contribution in [2.45, 2.75) is 51.7 Å². The number of hydrogen-bond acceptors (Lipinski definition) is 7. The lowest BCUT2D eigenvalue weighted by atomic mass is 9.93. The Balaban J connectivity index is 2.18. The average Bonchev–Trinajstić information content (AvgIpc) is 2.49. The quantitative estimate of drug-likeness (QED) is 0.559. The number of nitrogens with zero attached hydrogens (tertiary/aromatic N) is 2. The normalized spacial score (nSPS) is 21.3. The molecule has 4 N–H and O–H groups in total. The largest absolute Gasteiger partial charge is 0.463 e. The summed E-state index contributed by atoms with van der Waals surface area (Å²) in [6, 6.07) is 0.224. The number of nitrogens with one attached hydrogen (secondary N) is 1. The molecule has 0 unspecified atom stereocenters. The molecule has 0 atom stereocenters. The molecule has 0 aromatic carbocycles. The highest BCUT2D eigenvalue weighted by Gasteiger charge is 2.21. The topological polar surface area (TPSA) is 110 Å². The SMILES string of the molecule is CCOC(=O)/C=C/c1c(C)nc(N)nc1N[C@H]1CC[C@H](O)CC1. The van der Waals surface area contributed by atoms with Crippen LogP contribution in [0.1, 0.15) is 43.9 Å². The summed E-state index contributed by atoms with van der Waals surface area (Å²) < 4.78 is 4.89. The maximum Gasteiger partial charge on any atom is 0.330 e. The van der Waals surface area contributed by atoms with Gasteiger partial charge in [0, 0.05) is 17.7 Å². The second-order valence-electron chi connectivity index (χ2n) is 5.66. The van der Waals surface area contributed by atoms with E-state index in [9.17, 15) is 9.90 Å². The first kappa shape index (κ1) is 17.2. The Morgan fingerprint density at radius 2 is 2.09 bits per heavy atom. The van der Waals surface area contributed by atoms with E-state index in [4.69, 9.17) is 10.5 Å². The lowest BCUT2D eigenvalue weighted by molar-refractivity contribution is -0.137. The summed E-state index contributed by atoms with van der Waals surface area (Å²) in [7, 11) is 0. The minimum atomic E-state index is -0.407. The van der Waals surface area contributed by atoms with Gasteiger partial charge >= 0.3 is 5.97 Å². The van der Waals surface area contributed by atoms with Crippen LogP contribution in [-0.2, 0) is 9.53 Å². The molecule has 1 fully saturated rings. The summed E-state index contributed by atoms with van der Waals surface area (Å²) in [5.41, 5.74) is 7.15. The van der Waals surface area contributed by atoms with E-state index in [0.717, 1.165) is 31.2 Å². The maximum absolute atomic E-state index is 11.5. The Hall–Kier alpha value is -2.15. The van der Waals surface area contributed by atoms with Crippen molar-refractivity contribution in [3.05, 3.63) is 17.3 Å². The first-order chi connectivity index (χ1) is 11.0. The third-order valence-electron chi connectivity index (χ3n) is 3.86. The number of carbonyl (C=O) groups excluding carboxylic acids is 1. The molecule has 1 aromatic rings. The third-order valence-corrected chi connectivity index (χ3v) is 3.86. The first-order valence-corrected chi connectivity index (χ1v) is 7.93. The van der Waals surface area contributed by atoms with Gasteiger partial charge in [-0.15, -0.1) is 0 Å². The number of esters is 1. The van der Waals surface area contributed by atoms with E-state index in [1.165, 1.54) is 6.08 Å². The summed E-state index contributed by atoms with van der Waals surface area (Å²) in [6.45, 7) is 3.91. The van der Waals surface area contributed by atoms with Crippen LogP contribution < -0.4 is 11.1 Å². The smallest absolute Gasteiger partial charge is 0.330 e. The fraction of sp³-hybridized carbons (Fsp3) is 0.562. The predicted molar refractivity (Wildman–Crippen MR) is 88.7 cm³/mol. The van der Waals surface area contributed by atoms with Gasteiger partial charge in [0.25, 0.3) is 0 Å². The fourth-order valence-electron chi connectivity index (χ4n) is 2.67. The van der Waals surface area contributed by atoms with Gasteiger partial charge in [0.15, 0.2) is 0 Å². The first-order valence-electron chi connectivity index (χ1n) is 7.93. The van der Waals surface area contributed by atoms with E-state index in [2.05, 4.69) is 15.3 Å². The monoisotopic (exact) mass is 320 g/mol. The van der Waals surface area contributed by atoms with Gasteiger partial charge < -0.3 is 20.9 Å². The minimum Gasteiger partial charge on any atom is -0.463 e. The van der Waals surface area contributed by atoms with Crippen LogP contribution in [0.4, 0.5) is 11.8 Å². The van der Waals surface area contributed by atoms with Crippen molar-refractivity contribution in [1.82, 2.24) is 9.97 Å². The maximum atomic E-state index is 11.5. The van der Waals surface area contributed by atoms with Crippen molar-refractivity contribution in [2.75, 3.05) is 17.7 Å². The van der Waals surface area contributed by atoms with Gasteiger partial charge in [-0.3, -0.25) is 0 Å². The van der Waals surface area contributed by atoms with Crippen molar-refractivity contribution >= 4 is 23.8 Å². The van der Waals surface area contributed by atoms with Gasteiger partial charge in [-0.1, -0.05) is 0 Å². The molecule has 1 heterocycles. The molecule has 0 amide bonds. The standard InChI is InChI=1S/C16H24N4O3/c1-3-23-14(22)9-8-13-10(2)18-16(17)20-15(13)19-11-4-6-12(21)7-5-11/h8-9,11-12,21H,3-7H2,1-2H3,(H3,17,18,19,20)/b9-8+/t11-,12-. The predicted octanol–water partition coefficient (Wildman–Crippen LogP) is 1.66. The van der Waals surface area contributed by atoms with E-state index < -0.39 is 5.97 Å². The van der Waals surface area contributed by atoms with Gasteiger partial charge in [0.2, 0.25) is 5.95 Å². The zero-order valence-corrected chi connectivity index (χ0v) is 13.6. The second kappa shape index (κ2) is 7.92. The van der Waals surface area contributed by atoms with Gasteiger partial charge in [-0.05, 0) is 45.6 Å². The highest BCUT2D eigenvalue weighted by atomic mass is 16.5. The molecule has 126 valence electrons. The Morgan fingerprint density at radius 1 is 1.39 bits per heavy atom. The Morgan fingerprint density at radius 3 is 2.74 bits per heavy atom. The summed E-state index contributed by atoms with van der Waals surface area (Å²) in [5.74, 6) is 0.390. The Labute approximate surface area is 136 Å². The van der Waals surface area contributed by atoms with Crippen LogP contribution in [0.3, 0.4) is 0 Å². The lowest BCUT2D eigenvalue weighted by Gasteiger charge is -2.27. The number of aliphatic hydroxyl groups excluding tert-OH is 1. The molecule has 1 aromatic heterocycles. The van der Waals surface area contributed by atoms with Crippen LogP contribution >= 0.6 is 0 Å². The molecule has 0 bridgehead atoms. The third kappa shape index (κ3) is 4.92. The molecule has 0 aliphatic heterocycles. The number of nitrogen functional groups attached to an aromatic ring is 1. The summed E-state index contributed by atoms with van der Waals surface area (Å²) in [6.07, 6.45) is 6.06. The number of nitrogens with two attached hydrogens (primary N) is 1. The van der Waals surface area contributed by atoms with Crippen molar-refractivity contribution < 1.29 is 14.6 Å². The number of hydrogen-bond donors (Lipinski definition) is 3. The summed E-state index contributed by atoms with van der Waals surface area (Å²) in [5, 5.41) is 13.0. The van der Waals surface area contributed by atoms with E-state index in [1.807, 2.05) is 6.92 Å². The van der Waals surface area contributed by atoms with Crippen molar-refractivity contribution in [1.29, 1.82) is 0 Å². The minimum absolute atomic E-state index is 0.189. The Bertz CT molecular complexity index is 581. The van der Waals surface area contributed by atoms with Crippen molar-refractivity contribution in [2.24, 2.45) is 0 Å². The summed E-state index contributed by atoms with van der Waals surface area (Å²) in [4.78, 5) is 19.9. The molecular weight excluding hydrogens is 296 g/mol. The molecule has 1 aliphatic rings. The lowest BCUT2D eigenvalue weighted by Crippen LogP contribution is -2.29. The average molecular weight is 320 g/mol. The van der Waals surface area contributed by atoms with Crippen LogP contribution in [-0.4, -0.2) is 39.8 Å². The van der Waals surface area contributed by atoms with E-state index in [1.54, 1.807) is 13.0 Å². The van der Waals surface area contributed by atoms with Gasteiger partial charge in [-0.25, -0.2) is 9.78 Å². The zero-order valence-electron chi connectivity index (χ0n) is 13.6. The van der Waals surface area contributed by atoms with Crippen LogP contribution in [0.2, 0.25) is 0 Å². The van der Waals surface area contributed by atoms with Gasteiger partial charge in [-0.2, -0.15) is 4.98 Å². The summed E-state index contributed by atoms with van der Waals surface area (Å²) >= 11 is 0. The number of anilines is 2. The number of aromatic nitrogens is 2. The Kier molecular flexibility index (Phi) is 5.92. The number of aliphatic hydroxyl groups is 1. The fourth-order valence-corrected chi connectivity index (χ4v) is 2.67. The number of ether oxygens (including phenoxy) is 1. The zero-order chi connectivity index (χ0) is 16.8. The van der Waals surface area contributed by atoms with Crippen LogP contribution in [0.25, 0.3) is 6.08 Å². The van der Waals surface area contributed by atoms with Crippen LogP contribution in [0, 0.1) is 6.92 Å². The van der Waals surface area contributed by atoms with Gasteiger partial charge in [0.1, 0.15) is 5.82 Å². The van der Waals surface area contributed by atoms with Crippen LogP contribution in [0.5, 0.6) is 0 Å². The molecule has 23 heavy (non-hydrogen) atoms. The van der Waals surface area contributed by atoms with Gasteiger partial charge in [0.05, 0.1) is 18.4 Å². The number of rotatable bonds is 5. The highest BCUT2D eigenvalue weighted by Crippen LogP contribution is 2.25. The number of carbonyl (C=O) groups is 1. The van der Waals surface area contributed by atoms with E-state index in [0.29, 0.717) is 18.1 Å². The molecule has 1 aliphatic carbocycles. The molecule has 2 rings (SSSR count). The van der Waals surface area contributed by atoms with E-state index >= 15 is 0 Å². The second-order valence-corrected chi connectivity index (χ2v) is 5.66. The molecular formula is C16H24N4O3. The number of aryl methyl sites for hydroxylation is 1. The molecule has 7 nitrogen and oxygen atoms in total. The van der Waals surface area contributed by atoms with Crippen molar-refractivity contribution in [3.63, 3.8) is 0 Å². The molecule has 0 radical (unpaired) electrons. The molecule has 0 saturated heterocycles.